The second-order valence-corrected chi connectivity index (χ2v) is 7.40. The van der Waals surface area contributed by atoms with Crippen LogP contribution in [0.2, 0.25) is 0 Å². The highest BCUT2D eigenvalue weighted by Gasteiger charge is 2.31. The highest BCUT2D eigenvalue weighted by molar-refractivity contribution is 5.44. The summed E-state index contributed by atoms with van der Waals surface area (Å²) in [6.45, 7) is 2.26. The average Bonchev–Trinajstić information content (AvgIpc) is 2.74. The van der Waals surface area contributed by atoms with Crippen LogP contribution in [0.4, 0.5) is 0 Å². The summed E-state index contributed by atoms with van der Waals surface area (Å²) in [5.74, 6) is 1.25. The van der Waals surface area contributed by atoms with Crippen LogP contribution in [0.15, 0.2) is 78.9 Å². The first-order valence-electron chi connectivity index (χ1n) is 9.79. The Bertz CT molecular complexity index is 890. The summed E-state index contributed by atoms with van der Waals surface area (Å²) in [5.41, 5.74) is 5.56. The number of nitrogens with one attached hydrogen (secondary N) is 1. The van der Waals surface area contributed by atoms with Crippen LogP contribution in [0.5, 0.6) is 5.75 Å². The fourth-order valence-electron chi connectivity index (χ4n) is 4.35. The zero-order valence-electron chi connectivity index (χ0n) is 16.1. The number of hydrogen-bond acceptors (Lipinski definition) is 2. The van der Waals surface area contributed by atoms with Gasteiger partial charge in [0.25, 0.3) is 0 Å². The van der Waals surface area contributed by atoms with Crippen molar-refractivity contribution in [1.29, 1.82) is 0 Å². The van der Waals surface area contributed by atoms with Crippen LogP contribution in [-0.4, -0.2) is 13.2 Å². The van der Waals surface area contributed by atoms with Gasteiger partial charge >= 0.3 is 0 Å². The van der Waals surface area contributed by atoms with Crippen molar-refractivity contribution in [3.05, 3.63) is 101 Å². The van der Waals surface area contributed by atoms with Gasteiger partial charge in [-0.1, -0.05) is 66.7 Å². The summed E-state index contributed by atoms with van der Waals surface area (Å²) >= 11 is 0. The largest absolute Gasteiger partial charge is 0.497 e. The summed E-state index contributed by atoms with van der Waals surface area (Å²) < 4.78 is 5.50. The molecule has 0 aliphatic heterocycles. The average molecular weight is 357 g/mol. The number of rotatable bonds is 5. The van der Waals surface area contributed by atoms with E-state index < -0.39 is 0 Å². The molecule has 0 fully saturated rings. The van der Waals surface area contributed by atoms with Crippen molar-refractivity contribution >= 4 is 0 Å². The van der Waals surface area contributed by atoms with E-state index in [1.54, 1.807) is 7.11 Å². The molecule has 0 bridgehead atoms. The van der Waals surface area contributed by atoms with Crippen molar-refractivity contribution in [2.75, 3.05) is 7.11 Å². The van der Waals surface area contributed by atoms with Gasteiger partial charge in [0.05, 0.1) is 7.11 Å². The van der Waals surface area contributed by atoms with Gasteiger partial charge < -0.3 is 10.1 Å². The van der Waals surface area contributed by atoms with E-state index in [1.165, 1.54) is 22.3 Å². The molecule has 0 saturated carbocycles. The van der Waals surface area contributed by atoms with Crippen molar-refractivity contribution in [1.82, 2.24) is 5.32 Å². The molecule has 0 aromatic heterocycles. The summed E-state index contributed by atoms with van der Waals surface area (Å²) in [5, 5.41) is 3.92. The maximum atomic E-state index is 5.50. The van der Waals surface area contributed by atoms with Crippen LogP contribution in [0.1, 0.15) is 47.6 Å². The SMILES string of the molecule is COc1cccc([C@H]2c3ccccc3CC[C@@H]2N[C@@H](C)c2ccccc2)c1. The second-order valence-electron chi connectivity index (χ2n) is 7.40. The maximum absolute atomic E-state index is 5.50. The van der Waals surface area contributed by atoms with Crippen LogP contribution in [0, 0.1) is 0 Å². The molecule has 0 amide bonds. The van der Waals surface area contributed by atoms with Crippen LogP contribution >= 0.6 is 0 Å². The molecule has 1 aliphatic carbocycles. The third-order valence-corrected chi connectivity index (χ3v) is 5.73. The first kappa shape index (κ1) is 17.8. The lowest BCUT2D eigenvalue weighted by Crippen LogP contribution is -2.40. The highest BCUT2D eigenvalue weighted by atomic mass is 16.5. The Hall–Kier alpha value is -2.58. The van der Waals surface area contributed by atoms with Crippen molar-refractivity contribution in [3.8, 4) is 5.75 Å². The first-order valence-corrected chi connectivity index (χ1v) is 9.79. The minimum Gasteiger partial charge on any atom is -0.497 e. The van der Waals surface area contributed by atoms with Gasteiger partial charge in [-0.05, 0) is 54.2 Å². The predicted octanol–water partition coefficient (Wildman–Crippen LogP) is 5.49. The van der Waals surface area contributed by atoms with E-state index in [9.17, 15) is 0 Å². The number of fused-ring (bicyclic) bond motifs is 1. The van der Waals surface area contributed by atoms with Gasteiger partial charge in [-0.3, -0.25) is 0 Å². The van der Waals surface area contributed by atoms with Crippen LogP contribution < -0.4 is 10.1 Å². The predicted molar refractivity (Wildman–Crippen MR) is 111 cm³/mol. The Labute approximate surface area is 162 Å². The Kier molecular flexibility index (Phi) is 5.26. The standard InChI is InChI=1S/C25H27NO/c1-18(19-9-4-3-5-10-19)26-24-16-15-20-11-6-7-14-23(20)25(24)21-12-8-13-22(17-21)27-2/h3-14,17-18,24-26H,15-16H2,1-2H3/t18-,24-,25-/m0/s1. The molecule has 138 valence electrons. The van der Waals surface area contributed by atoms with Crippen molar-refractivity contribution < 1.29 is 4.74 Å². The lowest BCUT2D eigenvalue weighted by atomic mass is 9.75. The fraction of sp³-hybridized carbons (Fsp3) is 0.280. The van der Waals surface area contributed by atoms with Crippen LogP contribution in [0.3, 0.4) is 0 Å². The molecule has 1 aliphatic rings. The van der Waals surface area contributed by atoms with E-state index in [2.05, 4.69) is 85.0 Å². The molecule has 2 nitrogen and oxygen atoms in total. The third-order valence-electron chi connectivity index (χ3n) is 5.73. The maximum Gasteiger partial charge on any atom is 0.119 e. The minimum atomic E-state index is 0.314. The van der Waals surface area contributed by atoms with Gasteiger partial charge in [-0.2, -0.15) is 0 Å². The lowest BCUT2D eigenvalue weighted by molar-refractivity contribution is 0.379. The highest BCUT2D eigenvalue weighted by Crippen LogP contribution is 2.38. The zero-order valence-corrected chi connectivity index (χ0v) is 16.1. The molecule has 3 atom stereocenters. The van der Waals surface area contributed by atoms with Crippen molar-refractivity contribution in [3.63, 3.8) is 0 Å². The van der Waals surface area contributed by atoms with E-state index >= 15 is 0 Å². The van der Waals surface area contributed by atoms with E-state index in [0.29, 0.717) is 18.0 Å². The summed E-state index contributed by atoms with van der Waals surface area (Å²) in [6.07, 6.45) is 2.26. The van der Waals surface area contributed by atoms with E-state index in [1.807, 2.05) is 6.07 Å². The number of methoxy groups -OCH3 is 1. The number of hydrogen-bond donors (Lipinski definition) is 1. The summed E-state index contributed by atoms with van der Waals surface area (Å²) in [4.78, 5) is 0. The van der Waals surface area contributed by atoms with Gasteiger partial charge in [-0.15, -0.1) is 0 Å². The fourth-order valence-corrected chi connectivity index (χ4v) is 4.35. The monoisotopic (exact) mass is 357 g/mol. The Morgan fingerprint density at radius 1 is 0.926 bits per heavy atom. The Morgan fingerprint density at radius 2 is 1.70 bits per heavy atom. The molecule has 0 saturated heterocycles. The van der Waals surface area contributed by atoms with Gasteiger partial charge in [0.15, 0.2) is 0 Å². The third kappa shape index (κ3) is 3.77. The van der Waals surface area contributed by atoms with Gasteiger partial charge in [0, 0.05) is 18.0 Å². The molecule has 0 spiro atoms. The first-order chi connectivity index (χ1) is 13.3. The molecule has 0 unspecified atom stereocenters. The molecule has 1 N–H and O–H groups in total. The molecule has 0 heterocycles. The lowest BCUT2D eigenvalue weighted by Gasteiger charge is -2.36. The molecule has 3 aromatic carbocycles. The minimum absolute atomic E-state index is 0.314. The normalized spacial score (nSPS) is 19.9. The Balaban J connectivity index is 1.69. The quantitative estimate of drug-likeness (QED) is 0.652. The summed E-state index contributed by atoms with van der Waals surface area (Å²) in [6, 6.07) is 28.8. The molecule has 27 heavy (non-hydrogen) atoms. The Morgan fingerprint density at radius 3 is 2.52 bits per heavy atom. The van der Waals surface area contributed by atoms with Gasteiger partial charge in [-0.25, -0.2) is 0 Å². The number of benzene rings is 3. The summed E-state index contributed by atoms with van der Waals surface area (Å²) in [7, 11) is 1.74. The van der Waals surface area contributed by atoms with E-state index in [0.717, 1.165) is 18.6 Å². The number of aryl methyl sites for hydroxylation is 1. The smallest absolute Gasteiger partial charge is 0.119 e. The molecular weight excluding hydrogens is 330 g/mol. The topological polar surface area (TPSA) is 21.3 Å². The van der Waals surface area contributed by atoms with Crippen LogP contribution in [-0.2, 0) is 6.42 Å². The zero-order chi connectivity index (χ0) is 18.6. The van der Waals surface area contributed by atoms with Gasteiger partial charge in [0.2, 0.25) is 0 Å². The van der Waals surface area contributed by atoms with E-state index in [-0.39, 0.29) is 0 Å². The van der Waals surface area contributed by atoms with Crippen molar-refractivity contribution in [2.24, 2.45) is 0 Å². The molecule has 4 rings (SSSR count). The molecular formula is C25H27NO. The van der Waals surface area contributed by atoms with E-state index in [4.69, 9.17) is 4.74 Å². The van der Waals surface area contributed by atoms with Crippen LogP contribution in [0.25, 0.3) is 0 Å². The number of ether oxygens (including phenoxy) is 1. The molecule has 3 aromatic rings. The second kappa shape index (κ2) is 7.98. The van der Waals surface area contributed by atoms with Gasteiger partial charge in [0.1, 0.15) is 5.75 Å². The molecule has 2 heteroatoms. The van der Waals surface area contributed by atoms with Crippen molar-refractivity contribution in [2.45, 2.75) is 37.8 Å². The molecule has 0 radical (unpaired) electrons.